The number of carbonyl (C=O) groups excluding carboxylic acids is 2. The highest BCUT2D eigenvalue weighted by atomic mass is 16.5. The van der Waals surface area contributed by atoms with E-state index in [-0.39, 0.29) is 36.2 Å². The van der Waals surface area contributed by atoms with Crippen molar-refractivity contribution >= 4 is 11.8 Å². The first-order valence-corrected chi connectivity index (χ1v) is 10.7. The van der Waals surface area contributed by atoms with Crippen LogP contribution in [0.1, 0.15) is 65.0 Å². The molecule has 0 unspecified atom stereocenters. The van der Waals surface area contributed by atoms with Gasteiger partial charge in [-0.3, -0.25) is 9.59 Å². The van der Waals surface area contributed by atoms with Gasteiger partial charge < -0.3 is 20.5 Å². The third-order valence-electron chi connectivity index (χ3n) is 6.39. The number of primary amides is 1. The molecule has 6 heteroatoms. The Kier molecular flexibility index (Phi) is 6.52. The Morgan fingerprint density at radius 2 is 1.97 bits per heavy atom. The number of amides is 2. The summed E-state index contributed by atoms with van der Waals surface area (Å²) in [5.41, 5.74) is 5.89. The maximum absolute atomic E-state index is 12.6. The van der Waals surface area contributed by atoms with Crippen LogP contribution in [0.5, 0.6) is 5.75 Å². The highest BCUT2D eigenvalue weighted by Crippen LogP contribution is 2.48. The van der Waals surface area contributed by atoms with Crippen LogP contribution in [0.4, 0.5) is 0 Å². The fraction of sp³-hybridized carbons (Fsp3) is 0.652. The molecular formula is C23H34N2O4. The summed E-state index contributed by atoms with van der Waals surface area (Å²) in [4.78, 5) is 23.5. The normalized spacial score (nSPS) is 31.8. The van der Waals surface area contributed by atoms with Crippen LogP contribution in [0.2, 0.25) is 0 Å². The van der Waals surface area contributed by atoms with Crippen molar-refractivity contribution in [3.05, 3.63) is 29.8 Å². The first kappa shape index (κ1) is 21.6. The van der Waals surface area contributed by atoms with Crippen molar-refractivity contribution in [2.24, 2.45) is 23.5 Å². The lowest BCUT2D eigenvalue weighted by Gasteiger charge is -2.52. The molecule has 0 aromatic heterocycles. The van der Waals surface area contributed by atoms with Crippen molar-refractivity contribution in [1.82, 2.24) is 5.32 Å². The molecule has 3 N–H and O–H groups in total. The Hall–Kier alpha value is -2.08. The van der Waals surface area contributed by atoms with Crippen LogP contribution in [-0.2, 0) is 14.3 Å². The molecule has 1 heterocycles. The molecule has 1 saturated carbocycles. The van der Waals surface area contributed by atoms with E-state index in [0.29, 0.717) is 17.6 Å². The predicted molar refractivity (Wildman–Crippen MR) is 111 cm³/mol. The van der Waals surface area contributed by atoms with Crippen LogP contribution in [0, 0.1) is 17.8 Å². The molecule has 5 atom stereocenters. The Morgan fingerprint density at radius 1 is 1.28 bits per heavy atom. The summed E-state index contributed by atoms with van der Waals surface area (Å²) >= 11 is 0. The summed E-state index contributed by atoms with van der Waals surface area (Å²) in [6, 6.07) is 7.61. The van der Waals surface area contributed by atoms with Crippen molar-refractivity contribution in [2.45, 2.75) is 71.1 Å². The molecular weight excluding hydrogens is 368 g/mol. The van der Waals surface area contributed by atoms with Crippen LogP contribution in [0.25, 0.3) is 0 Å². The maximum Gasteiger partial charge on any atom is 0.255 e. The Labute approximate surface area is 173 Å². The zero-order valence-corrected chi connectivity index (χ0v) is 17.9. The van der Waals surface area contributed by atoms with E-state index in [9.17, 15) is 9.59 Å². The smallest absolute Gasteiger partial charge is 0.255 e. The largest absolute Gasteiger partial charge is 0.484 e. The van der Waals surface area contributed by atoms with Gasteiger partial charge in [0, 0.05) is 23.8 Å². The van der Waals surface area contributed by atoms with Gasteiger partial charge in [0.1, 0.15) is 5.75 Å². The molecule has 3 rings (SSSR count). The zero-order chi connectivity index (χ0) is 21.2. The fourth-order valence-corrected chi connectivity index (χ4v) is 4.70. The van der Waals surface area contributed by atoms with E-state index >= 15 is 0 Å². The zero-order valence-electron chi connectivity index (χ0n) is 17.9. The number of rotatable bonds is 6. The predicted octanol–water partition coefficient (Wildman–Crippen LogP) is 3.35. The number of carbonyl (C=O) groups is 2. The van der Waals surface area contributed by atoms with E-state index in [0.717, 1.165) is 24.8 Å². The number of hydrogen-bond acceptors (Lipinski definition) is 4. The van der Waals surface area contributed by atoms with Crippen LogP contribution in [0.3, 0.4) is 0 Å². The SMILES string of the molecule is CC(C)C(=O)N[C@]1(C)C[C@H](c2ccc(OCC(N)=O)cc2)O[C@@H]2C[C@H](C)CC[C@H]21. The molecule has 1 saturated heterocycles. The number of ether oxygens (including phenoxy) is 2. The van der Waals surface area contributed by atoms with E-state index in [4.69, 9.17) is 15.2 Å². The quantitative estimate of drug-likeness (QED) is 0.763. The molecule has 0 radical (unpaired) electrons. The van der Waals surface area contributed by atoms with Crippen LogP contribution >= 0.6 is 0 Å². The molecule has 1 aliphatic heterocycles. The maximum atomic E-state index is 12.6. The van der Waals surface area contributed by atoms with Crippen molar-refractivity contribution in [2.75, 3.05) is 6.61 Å². The van der Waals surface area contributed by atoms with Gasteiger partial charge in [-0.25, -0.2) is 0 Å². The highest BCUT2D eigenvalue weighted by molar-refractivity contribution is 5.78. The summed E-state index contributed by atoms with van der Waals surface area (Å²) in [6.45, 7) is 8.18. The number of fused-ring (bicyclic) bond motifs is 1. The minimum absolute atomic E-state index is 0.0456. The monoisotopic (exact) mass is 402 g/mol. The van der Waals surface area contributed by atoms with Gasteiger partial charge in [0.15, 0.2) is 6.61 Å². The van der Waals surface area contributed by atoms with Gasteiger partial charge in [-0.1, -0.05) is 39.3 Å². The van der Waals surface area contributed by atoms with Gasteiger partial charge >= 0.3 is 0 Å². The average Bonchev–Trinajstić information content (AvgIpc) is 2.66. The summed E-state index contributed by atoms with van der Waals surface area (Å²) in [6.07, 6.45) is 4.06. The molecule has 29 heavy (non-hydrogen) atoms. The highest BCUT2D eigenvalue weighted by Gasteiger charge is 2.49. The number of nitrogens with two attached hydrogens (primary N) is 1. The fourth-order valence-electron chi connectivity index (χ4n) is 4.70. The molecule has 2 amide bonds. The minimum Gasteiger partial charge on any atom is -0.484 e. The first-order valence-electron chi connectivity index (χ1n) is 10.7. The molecule has 1 aromatic rings. The standard InChI is InChI=1S/C23H34N2O4/c1-14(2)22(27)25-23(4)12-20(29-19-11-15(3)5-10-18(19)23)16-6-8-17(9-7-16)28-13-21(24)26/h6-9,14-15,18-20H,5,10-13H2,1-4H3,(H2,24,26)(H,25,27)/t15-,18-,19-,20-,23-/m1/s1. The lowest BCUT2D eigenvalue weighted by atomic mass is 9.66. The van der Waals surface area contributed by atoms with Crippen molar-refractivity contribution in [1.29, 1.82) is 0 Å². The first-order chi connectivity index (χ1) is 13.7. The molecule has 160 valence electrons. The van der Waals surface area contributed by atoms with Crippen LogP contribution in [-0.4, -0.2) is 30.1 Å². The molecule has 1 aliphatic carbocycles. The van der Waals surface area contributed by atoms with Crippen molar-refractivity contribution in [3.63, 3.8) is 0 Å². The lowest BCUT2D eigenvalue weighted by Crippen LogP contribution is -2.61. The molecule has 6 nitrogen and oxygen atoms in total. The van der Waals surface area contributed by atoms with Gasteiger partial charge in [0.2, 0.25) is 5.91 Å². The molecule has 1 aromatic carbocycles. The summed E-state index contributed by atoms with van der Waals surface area (Å²) < 4.78 is 11.9. The van der Waals surface area contributed by atoms with E-state index < -0.39 is 5.91 Å². The summed E-state index contributed by atoms with van der Waals surface area (Å²) in [7, 11) is 0. The molecule has 0 bridgehead atoms. The third-order valence-corrected chi connectivity index (χ3v) is 6.39. The van der Waals surface area contributed by atoms with Crippen LogP contribution < -0.4 is 15.8 Å². The summed E-state index contributed by atoms with van der Waals surface area (Å²) in [5.74, 6) is 1.11. The average molecular weight is 403 g/mol. The Balaban J connectivity index is 1.80. The Bertz CT molecular complexity index is 733. The van der Waals surface area contributed by atoms with Gasteiger partial charge in [-0.05, 0) is 43.4 Å². The van der Waals surface area contributed by atoms with Gasteiger partial charge in [0.25, 0.3) is 5.91 Å². The summed E-state index contributed by atoms with van der Waals surface area (Å²) in [5, 5.41) is 3.36. The van der Waals surface area contributed by atoms with Crippen LogP contribution in [0.15, 0.2) is 24.3 Å². The second kappa shape index (κ2) is 8.74. The number of nitrogens with one attached hydrogen (secondary N) is 1. The van der Waals surface area contributed by atoms with E-state index in [1.807, 2.05) is 38.1 Å². The van der Waals surface area contributed by atoms with Gasteiger partial charge in [0.05, 0.1) is 12.2 Å². The van der Waals surface area contributed by atoms with Gasteiger partial charge in [-0.2, -0.15) is 0 Å². The van der Waals surface area contributed by atoms with Crippen molar-refractivity contribution in [3.8, 4) is 5.75 Å². The second-order valence-electron chi connectivity index (χ2n) is 9.28. The number of benzene rings is 1. The van der Waals surface area contributed by atoms with Gasteiger partial charge in [-0.15, -0.1) is 0 Å². The minimum atomic E-state index is -0.501. The Morgan fingerprint density at radius 3 is 2.59 bits per heavy atom. The number of hydrogen-bond donors (Lipinski definition) is 2. The third kappa shape index (κ3) is 5.10. The second-order valence-corrected chi connectivity index (χ2v) is 9.28. The van der Waals surface area contributed by atoms with Crippen molar-refractivity contribution < 1.29 is 19.1 Å². The lowest BCUT2D eigenvalue weighted by molar-refractivity contribution is -0.155. The van der Waals surface area contributed by atoms with E-state index in [1.54, 1.807) is 0 Å². The molecule has 2 fully saturated rings. The molecule has 2 aliphatic rings. The molecule has 0 spiro atoms. The van der Waals surface area contributed by atoms with E-state index in [2.05, 4.69) is 19.2 Å². The topological polar surface area (TPSA) is 90.6 Å². The van der Waals surface area contributed by atoms with E-state index in [1.165, 1.54) is 6.42 Å².